The zero-order valence-electron chi connectivity index (χ0n) is 7.09. The Hall–Kier alpha value is -0.790. The van der Waals surface area contributed by atoms with Crippen LogP contribution in [0.25, 0.3) is 0 Å². The van der Waals surface area contributed by atoms with E-state index in [1.165, 1.54) is 0 Å². The van der Waals surface area contributed by atoms with Gasteiger partial charge in [0.25, 0.3) is 0 Å². The summed E-state index contributed by atoms with van der Waals surface area (Å²) in [4.78, 5) is 4.10. The average Bonchev–Trinajstić information content (AvgIpc) is 2.31. The lowest BCUT2D eigenvalue weighted by Gasteiger charge is -2.11. The first kappa shape index (κ1) is 12.2. The van der Waals surface area contributed by atoms with Crippen molar-refractivity contribution in [3.8, 4) is 0 Å². The van der Waals surface area contributed by atoms with Crippen molar-refractivity contribution in [2.45, 2.75) is 0 Å². The van der Waals surface area contributed by atoms with Crippen LogP contribution in [0.2, 0.25) is 0 Å². The maximum Gasteiger partial charge on any atom is 0.0932 e. The molecule has 6 nitrogen and oxygen atoms in total. The van der Waals surface area contributed by atoms with Crippen molar-refractivity contribution in [3.63, 3.8) is 0 Å². The lowest BCUT2D eigenvalue weighted by Crippen LogP contribution is -2.58. The zero-order chi connectivity index (χ0) is 10.5. The molecule has 1 heterocycles. The lowest BCUT2D eigenvalue weighted by molar-refractivity contribution is -1.92. The molecule has 1 N–H and O–H groups in total. The summed E-state index contributed by atoms with van der Waals surface area (Å²) in [7, 11) is -2.67. The summed E-state index contributed by atoms with van der Waals surface area (Å²) in [6.07, 6.45) is 5.81. The van der Waals surface area contributed by atoms with Gasteiger partial charge in [-0.05, 0) is 6.20 Å². The first-order chi connectivity index (χ1) is 5.83. The van der Waals surface area contributed by atoms with Crippen molar-refractivity contribution < 1.29 is 28.9 Å². The molecule has 1 aliphatic heterocycles. The Morgan fingerprint density at radius 2 is 1.92 bits per heavy atom. The van der Waals surface area contributed by atoms with Crippen LogP contribution in [0.5, 0.6) is 0 Å². The largest absolute Gasteiger partial charge is 0.361 e. The topological polar surface area (TPSA) is 95.9 Å². The molecule has 0 unspecified atom stereocenters. The van der Waals surface area contributed by atoms with Gasteiger partial charge in [0, 0.05) is 19.4 Å². The third kappa shape index (κ3) is 9.12. The van der Waals surface area contributed by atoms with Crippen molar-refractivity contribution in [1.29, 1.82) is 0 Å². The van der Waals surface area contributed by atoms with E-state index in [1.54, 1.807) is 6.20 Å². The number of hydrogen-bond acceptors (Lipinski definition) is 6. The lowest BCUT2D eigenvalue weighted by atomic mass is 10.8. The predicted molar refractivity (Wildman–Crippen MR) is 36.0 cm³/mol. The molecule has 0 spiro atoms. The minimum atomic E-state index is -4.69. The molecule has 0 aromatic carbocycles. The van der Waals surface area contributed by atoms with Crippen LogP contribution in [0.3, 0.4) is 0 Å². The highest BCUT2D eigenvalue weighted by molar-refractivity contribution is 4.93. The van der Waals surface area contributed by atoms with Gasteiger partial charge in [-0.1, -0.05) is 6.58 Å². The van der Waals surface area contributed by atoms with E-state index >= 15 is 0 Å². The van der Waals surface area contributed by atoms with Crippen LogP contribution in [0.4, 0.5) is 0 Å². The average molecular weight is 211 g/mol. The van der Waals surface area contributed by atoms with E-state index in [4.69, 9.17) is 18.6 Å². The molecule has 0 radical (unpaired) electrons. The second-order valence-corrected chi connectivity index (χ2v) is 3.08. The number of nitrogens with zero attached hydrogens (tertiary/aromatic N) is 2. The van der Waals surface area contributed by atoms with Gasteiger partial charge in [0.1, 0.15) is 0 Å². The third-order valence-corrected chi connectivity index (χ3v) is 1.13. The van der Waals surface area contributed by atoms with Crippen molar-refractivity contribution in [2.75, 3.05) is 13.7 Å². The highest BCUT2D eigenvalue weighted by Gasteiger charge is 2.01. The van der Waals surface area contributed by atoms with E-state index in [0.717, 1.165) is 6.67 Å². The van der Waals surface area contributed by atoms with Crippen LogP contribution in [0.15, 0.2) is 25.2 Å². The van der Waals surface area contributed by atoms with Crippen LogP contribution < -0.4 is 14.0 Å². The Labute approximate surface area is 78.3 Å². The molecule has 1 rings (SSSR count). The van der Waals surface area contributed by atoms with Gasteiger partial charge in [0.05, 0.1) is 21.6 Å². The Kier molecular flexibility index (Phi) is 4.74. The summed E-state index contributed by atoms with van der Waals surface area (Å²) in [5.41, 5.74) is 0. The molecule has 0 atom stereocenters. The van der Waals surface area contributed by atoms with Gasteiger partial charge in [0.15, 0.2) is 0 Å². The minimum absolute atomic E-state index is 0.934. The molecule has 7 heteroatoms. The zero-order valence-corrected chi connectivity index (χ0v) is 7.85. The van der Waals surface area contributed by atoms with Crippen molar-refractivity contribution in [2.24, 2.45) is 0 Å². The Bertz CT molecular complexity index is 186. The van der Waals surface area contributed by atoms with Gasteiger partial charge >= 0.3 is 0 Å². The quantitative estimate of drug-likeness (QED) is 0.487. The smallest absolute Gasteiger partial charge is 0.0932 e. The summed E-state index contributed by atoms with van der Waals surface area (Å²) in [6.45, 7) is 4.56. The SMILES string of the molecule is C=CN1C=CN(C)C1.[O-][Cl+3]([O-])([O-])O. The second kappa shape index (κ2) is 5.05. The van der Waals surface area contributed by atoms with Crippen molar-refractivity contribution >= 4 is 0 Å². The summed E-state index contributed by atoms with van der Waals surface area (Å²) >= 11 is 0. The van der Waals surface area contributed by atoms with E-state index in [9.17, 15) is 0 Å². The van der Waals surface area contributed by atoms with Gasteiger partial charge in [-0.25, -0.2) is 0 Å². The Morgan fingerprint density at radius 1 is 1.46 bits per heavy atom. The standard InChI is InChI=1S/C6H10N2.ClHO4/c1-3-8-5-4-7(2)6-8;2-1(3,4)5/h3-5H,1,6H2,2H3;(H,2,3,4,5). The molecule has 0 bridgehead atoms. The highest BCUT2D eigenvalue weighted by Crippen LogP contribution is 2.01. The fraction of sp³-hybridized carbons (Fsp3) is 0.333. The van der Waals surface area contributed by atoms with Gasteiger partial charge in [-0.15, -0.1) is 0 Å². The summed E-state index contributed by atoms with van der Waals surface area (Å²) in [6, 6.07) is 0. The normalized spacial score (nSPS) is 15.5. The van der Waals surface area contributed by atoms with Crippen LogP contribution in [0, 0.1) is 10.2 Å². The molecule has 0 aliphatic carbocycles. The maximum atomic E-state index is 8.60. The van der Waals surface area contributed by atoms with Gasteiger partial charge < -0.3 is 9.80 Å². The van der Waals surface area contributed by atoms with Crippen molar-refractivity contribution in [3.05, 3.63) is 25.2 Å². The summed E-state index contributed by atoms with van der Waals surface area (Å²) < 4.78 is 32.7. The number of rotatable bonds is 1. The maximum absolute atomic E-state index is 8.60. The molecule has 0 aromatic rings. The van der Waals surface area contributed by atoms with E-state index in [0.29, 0.717) is 0 Å². The first-order valence-corrected chi connectivity index (χ1v) is 4.49. The molecule has 0 fully saturated rings. The number of hydrogen-bond donors (Lipinski definition) is 1. The van der Waals surface area contributed by atoms with Crippen LogP contribution >= 0.6 is 0 Å². The monoisotopic (exact) mass is 210 g/mol. The van der Waals surface area contributed by atoms with Gasteiger partial charge in [-0.3, -0.25) is 0 Å². The molecule has 13 heavy (non-hydrogen) atoms. The molecule has 0 aromatic heterocycles. The Balaban J connectivity index is 0.000000252. The number of halogens is 1. The minimum Gasteiger partial charge on any atom is -0.361 e. The van der Waals surface area contributed by atoms with Gasteiger partial charge in [-0.2, -0.15) is 14.0 Å². The van der Waals surface area contributed by atoms with Crippen LogP contribution in [0.1, 0.15) is 0 Å². The van der Waals surface area contributed by atoms with E-state index < -0.39 is 10.2 Å². The Morgan fingerprint density at radius 3 is 2.08 bits per heavy atom. The fourth-order valence-corrected chi connectivity index (χ4v) is 0.670. The molecular weight excluding hydrogens is 200 g/mol. The van der Waals surface area contributed by atoms with Crippen LogP contribution in [-0.2, 0) is 0 Å². The van der Waals surface area contributed by atoms with Gasteiger partial charge in [0.2, 0.25) is 0 Å². The second-order valence-electron chi connectivity index (χ2n) is 2.29. The molecule has 0 saturated heterocycles. The molecule has 76 valence electrons. The molecule has 0 saturated carbocycles. The molecular formula is C6H11ClN2O4. The van der Waals surface area contributed by atoms with Crippen molar-refractivity contribution in [1.82, 2.24) is 9.80 Å². The third-order valence-electron chi connectivity index (χ3n) is 1.13. The van der Waals surface area contributed by atoms with E-state index in [-0.39, 0.29) is 0 Å². The first-order valence-electron chi connectivity index (χ1n) is 3.23. The summed E-state index contributed by atoms with van der Waals surface area (Å²) in [5.74, 6) is 0. The fourth-order valence-electron chi connectivity index (χ4n) is 0.670. The summed E-state index contributed by atoms with van der Waals surface area (Å²) in [5, 5.41) is 0. The van der Waals surface area contributed by atoms with E-state index in [1.807, 2.05) is 24.3 Å². The van der Waals surface area contributed by atoms with Crippen LogP contribution in [-0.4, -0.2) is 28.2 Å². The van der Waals surface area contributed by atoms with E-state index in [2.05, 4.69) is 11.5 Å². The molecule has 1 aliphatic rings. The molecule has 0 amide bonds. The predicted octanol–water partition coefficient (Wildman–Crippen LogP) is -3.32. The highest BCUT2D eigenvalue weighted by atomic mass is 35.7.